The van der Waals surface area contributed by atoms with Crippen LogP contribution in [0.4, 0.5) is 5.69 Å². The molecule has 6 heteroatoms. The molecule has 20 heavy (non-hydrogen) atoms. The number of phenolic OH excluding ortho intramolecular Hbond substituents is 1. The number of halogens is 1. The van der Waals surface area contributed by atoms with Crippen LogP contribution >= 0.6 is 11.6 Å². The van der Waals surface area contributed by atoms with E-state index in [2.05, 4.69) is 5.32 Å². The fourth-order valence-corrected chi connectivity index (χ4v) is 1.83. The summed E-state index contributed by atoms with van der Waals surface area (Å²) in [7, 11) is 0. The molecule has 2 rings (SSSR count). The van der Waals surface area contributed by atoms with E-state index < -0.39 is 11.9 Å². The Morgan fingerprint density at radius 2 is 1.75 bits per heavy atom. The molecule has 102 valence electrons. The van der Waals surface area contributed by atoms with Crippen molar-refractivity contribution in [2.45, 2.75) is 0 Å². The quantitative estimate of drug-likeness (QED) is 0.811. The number of aromatic carboxylic acids is 1. The van der Waals surface area contributed by atoms with Crippen LogP contribution in [0.1, 0.15) is 20.7 Å². The molecule has 0 aromatic heterocycles. The van der Waals surface area contributed by atoms with Crippen molar-refractivity contribution >= 4 is 29.2 Å². The van der Waals surface area contributed by atoms with Gasteiger partial charge in [0.15, 0.2) is 0 Å². The van der Waals surface area contributed by atoms with Gasteiger partial charge in [0, 0.05) is 5.02 Å². The van der Waals surface area contributed by atoms with Crippen molar-refractivity contribution in [2.24, 2.45) is 0 Å². The minimum atomic E-state index is -1.15. The van der Waals surface area contributed by atoms with E-state index in [1.165, 1.54) is 30.3 Å². The Hall–Kier alpha value is -2.53. The first-order valence-corrected chi connectivity index (χ1v) is 5.99. The number of aromatic hydroxyl groups is 1. The summed E-state index contributed by atoms with van der Waals surface area (Å²) in [6.07, 6.45) is 0. The second-order valence-electron chi connectivity index (χ2n) is 3.97. The lowest BCUT2D eigenvalue weighted by atomic mass is 10.1. The summed E-state index contributed by atoms with van der Waals surface area (Å²) < 4.78 is 0. The van der Waals surface area contributed by atoms with Crippen LogP contribution in [-0.4, -0.2) is 22.1 Å². The minimum absolute atomic E-state index is 0.00888. The fourth-order valence-electron chi connectivity index (χ4n) is 1.67. The standard InChI is InChI=1S/C14H10ClNO4/c15-8-5-6-10(12(17)7-8)13(18)16-11-4-2-1-3-9(11)14(19)20/h1-7,17H,(H,16,18)(H,19,20). The van der Waals surface area contributed by atoms with E-state index in [9.17, 15) is 14.7 Å². The first-order chi connectivity index (χ1) is 9.49. The highest BCUT2D eigenvalue weighted by Crippen LogP contribution is 2.23. The lowest BCUT2D eigenvalue weighted by Gasteiger charge is -2.09. The van der Waals surface area contributed by atoms with Crippen molar-refractivity contribution < 1.29 is 19.8 Å². The Morgan fingerprint density at radius 3 is 2.40 bits per heavy atom. The zero-order valence-electron chi connectivity index (χ0n) is 10.1. The lowest BCUT2D eigenvalue weighted by Crippen LogP contribution is -2.14. The molecule has 0 heterocycles. The van der Waals surface area contributed by atoms with E-state index in [4.69, 9.17) is 16.7 Å². The van der Waals surface area contributed by atoms with Crippen LogP contribution in [0.3, 0.4) is 0 Å². The van der Waals surface area contributed by atoms with Gasteiger partial charge in [0.25, 0.3) is 5.91 Å². The summed E-state index contributed by atoms with van der Waals surface area (Å²) >= 11 is 5.68. The Morgan fingerprint density at radius 1 is 1.05 bits per heavy atom. The molecule has 0 fully saturated rings. The molecule has 0 radical (unpaired) electrons. The van der Waals surface area contributed by atoms with E-state index in [1.54, 1.807) is 12.1 Å². The maximum absolute atomic E-state index is 12.0. The van der Waals surface area contributed by atoms with Crippen LogP contribution in [-0.2, 0) is 0 Å². The minimum Gasteiger partial charge on any atom is -0.507 e. The molecule has 0 aliphatic heterocycles. The van der Waals surface area contributed by atoms with Crippen LogP contribution < -0.4 is 5.32 Å². The molecule has 5 nitrogen and oxygen atoms in total. The van der Waals surface area contributed by atoms with E-state index in [-0.39, 0.29) is 22.6 Å². The van der Waals surface area contributed by atoms with Crippen LogP contribution in [0.25, 0.3) is 0 Å². The van der Waals surface area contributed by atoms with Gasteiger partial charge >= 0.3 is 5.97 Å². The molecular formula is C14H10ClNO4. The number of rotatable bonds is 3. The Labute approximate surface area is 119 Å². The number of hydrogen-bond acceptors (Lipinski definition) is 3. The van der Waals surface area contributed by atoms with Gasteiger partial charge in [-0.25, -0.2) is 4.79 Å². The molecule has 0 bridgehead atoms. The van der Waals surface area contributed by atoms with Crippen LogP contribution in [0.5, 0.6) is 5.75 Å². The van der Waals surface area contributed by atoms with Crippen molar-refractivity contribution in [1.29, 1.82) is 0 Å². The molecule has 0 atom stereocenters. The topological polar surface area (TPSA) is 86.6 Å². The van der Waals surface area contributed by atoms with Gasteiger partial charge in [-0.05, 0) is 30.3 Å². The third kappa shape index (κ3) is 2.89. The predicted molar refractivity (Wildman–Crippen MR) is 74.5 cm³/mol. The summed E-state index contributed by atoms with van der Waals surface area (Å²) in [5, 5.41) is 21.4. The molecule has 2 aromatic rings. The highest BCUT2D eigenvalue weighted by molar-refractivity contribution is 6.31. The molecule has 0 spiro atoms. The SMILES string of the molecule is O=C(Nc1ccccc1C(=O)O)c1ccc(Cl)cc1O. The molecule has 3 N–H and O–H groups in total. The summed E-state index contributed by atoms with van der Waals surface area (Å²) in [4.78, 5) is 23.0. The van der Waals surface area contributed by atoms with E-state index in [0.29, 0.717) is 5.02 Å². The van der Waals surface area contributed by atoms with Gasteiger partial charge in [0.1, 0.15) is 5.75 Å². The zero-order valence-corrected chi connectivity index (χ0v) is 10.9. The second kappa shape index (κ2) is 5.63. The predicted octanol–water partition coefficient (Wildman–Crippen LogP) is 3.00. The number of hydrogen-bond donors (Lipinski definition) is 3. The number of phenols is 1. The van der Waals surface area contributed by atoms with Gasteiger partial charge in [-0.2, -0.15) is 0 Å². The molecule has 0 saturated carbocycles. The van der Waals surface area contributed by atoms with Gasteiger partial charge in [-0.1, -0.05) is 23.7 Å². The third-order valence-electron chi connectivity index (χ3n) is 2.61. The maximum Gasteiger partial charge on any atom is 0.337 e. The first-order valence-electron chi connectivity index (χ1n) is 5.61. The van der Waals surface area contributed by atoms with Crippen molar-refractivity contribution in [3.63, 3.8) is 0 Å². The average Bonchev–Trinajstić information content (AvgIpc) is 2.38. The van der Waals surface area contributed by atoms with Gasteiger partial charge in [0.2, 0.25) is 0 Å². The van der Waals surface area contributed by atoms with Gasteiger partial charge in [-0.3, -0.25) is 4.79 Å². The van der Waals surface area contributed by atoms with Gasteiger partial charge < -0.3 is 15.5 Å². The number of carbonyl (C=O) groups excluding carboxylic acids is 1. The third-order valence-corrected chi connectivity index (χ3v) is 2.85. The molecule has 1 amide bonds. The Bertz CT molecular complexity index is 685. The van der Waals surface area contributed by atoms with E-state index >= 15 is 0 Å². The lowest BCUT2D eigenvalue weighted by molar-refractivity contribution is 0.0698. The highest BCUT2D eigenvalue weighted by Gasteiger charge is 2.15. The van der Waals surface area contributed by atoms with Gasteiger partial charge in [0.05, 0.1) is 16.8 Å². The number of carboxylic acid groups (broad SMARTS) is 1. The largest absolute Gasteiger partial charge is 0.507 e. The highest BCUT2D eigenvalue weighted by atomic mass is 35.5. The number of carboxylic acids is 1. The number of nitrogens with one attached hydrogen (secondary N) is 1. The summed E-state index contributed by atoms with van der Waals surface area (Å²) in [6, 6.07) is 10.0. The zero-order chi connectivity index (χ0) is 14.7. The van der Waals surface area contributed by atoms with Crippen LogP contribution in [0.15, 0.2) is 42.5 Å². The molecular weight excluding hydrogens is 282 g/mol. The van der Waals surface area contributed by atoms with Gasteiger partial charge in [-0.15, -0.1) is 0 Å². The van der Waals surface area contributed by atoms with Crippen LogP contribution in [0, 0.1) is 0 Å². The summed E-state index contributed by atoms with van der Waals surface area (Å²) in [6.45, 7) is 0. The Balaban J connectivity index is 2.30. The number of carbonyl (C=O) groups is 2. The fraction of sp³-hybridized carbons (Fsp3) is 0. The number of benzene rings is 2. The summed E-state index contributed by atoms with van der Waals surface area (Å²) in [5.41, 5.74) is 0.128. The smallest absolute Gasteiger partial charge is 0.337 e. The van der Waals surface area contributed by atoms with Crippen LogP contribution in [0.2, 0.25) is 5.02 Å². The average molecular weight is 292 g/mol. The van der Waals surface area contributed by atoms with Crippen molar-refractivity contribution in [3.05, 3.63) is 58.6 Å². The molecule has 0 unspecified atom stereocenters. The van der Waals surface area contributed by atoms with E-state index in [0.717, 1.165) is 0 Å². The van der Waals surface area contributed by atoms with Crippen molar-refractivity contribution in [1.82, 2.24) is 0 Å². The molecule has 0 saturated heterocycles. The number of amides is 1. The van der Waals surface area contributed by atoms with Crippen molar-refractivity contribution in [2.75, 3.05) is 5.32 Å². The Kier molecular flexibility index (Phi) is 3.91. The number of anilines is 1. The monoisotopic (exact) mass is 291 g/mol. The molecule has 0 aliphatic carbocycles. The maximum atomic E-state index is 12.0. The molecule has 0 aliphatic rings. The van der Waals surface area contributed by atoms with E-state index in [1.807, 2.05) is 0 Å². The number of para-hydroxylation sites is 1. The molecule has 2 aromatic carbocycles. The first kappa shape index (κ1) is 13.9. The van der Waals surface area contributed by atoms with Crippen molar-refractivity contribution in [3.8, 4) is 5.75 Å². The normalized spacial score (nSPS) is 10.1. The summed E-state index contributed by atoms with van der Waals surface area (Å²) in [5.74, 6) is -2.04. The second-order valence-corrected chi connectivity index (χ2v) is 4.40.